The lowest BCUT2D eigenvalue weighted by Crippen LogP contribution is -2.35. The maximum atomic E-state index is 11.8. The van der Waals surface area contributed by atoms with Gasteiger partial charge in [0.1, 0.15) is 13.2 Å². The highest BCUT2D eigenvalue weighted by molar-refractivity contribution is 5.90. The van der Waals surface area contributed by atoms with Crippen LogP contribution in [0.2, 0.25) is 0 Å². The van der Waals surface area contributed by atoms with Crippen LogP contribution in [-0.4, -0.2) is 44.8 Å². The number of esters is 1. The maximum Gasteiger partial charge on any atom is 0.331 e. The number of hydrogen-bond acceptors (Lipinski definition) is 6. The third-order valence-electron chi connectivity index (χ3n) is 3.28. The Morgan fingerprint density at radius 3 is 2.79 bits per heavy atom. The van der Waals surface area contributed by atoms with E-state index in [2.05, 4.69) is 5.32 Å². The van der Waals surface area contributed by atoms with Crippen LogP contribution in [0.15, 0.2) is 18.2 Å². The third-order valence-corrected chi connectivity index (χ3v) is 3.28. The number of fused-ring (bicyclic) bond motifs is 1. The number of carbonyl (C=O) groups is 2. The van der Waals surface area contributed by atoms with E-state index in [0.29, 0.717) is 42.6 Å². The molecule has 1 heterocycles. The summed E-state index contributed by atoms with van der Waals surface area (Å²) >= 11 is 0. The zero-order valence-electron chi connectivity index (χ0n) is 14.0. The summed E-state index contributed by atoms with van der Waals surface area (Å²) in [5.74, 6) is 0.691. The molecular formula is C17H21NO6. The van der Waals surface area contributed by atoms with Gasteiger partial charge in [-0.1, -0.05) is 0 Å². The number of ether oxygens (including phenoxy) is 4. The van der Waals surface area contributed by atoms with Crippen LogP contribution >= 0.6 is 0 Å². The van der Waals surface area contributed by atoms with E-state index in [4.69, 9.17) is 18.9 Å². The minimum Gasteiger partial charge on any atom is -0.493 e. The molecule has 0 aromatic heterocycles. The highest BCUT2D eigenvalue weighted by Gasteiger charge is 2.18. The molecule has 1 aromatic rings. The van der Waals surface area contributed by atoms with Crippen LogP contribution in [0.1, 0.15) is 19.4 Å². The van der Waals surface area contributed by atoms with Gasteiger partial charge in [-0.3, -0.25) is 4.79 Å². The molecule has 0 radical (unpaired) electrons. The van der Waals surface area contributed by atoms with Crippen LogP contribution < -0.4 is 19.5 Å². The van der Waals surface area contributed by atoms with Crippen LogP contribution in [-0.2, 0) is 14.3 Å². The highest BCUT2D eigenvalue weighted by atomic mass is 16.6. The fourth-order valence-corrected chi connectivity index (χ4v) is 2.14. The zero-order valence-corrected chi connectivity index (χ0v) is 14.0. The molecule has 0 bridgehead atoms. The highest BCUT2D eigenvalue weighted by Crippen LogP contribution is 2.40. The first kappa shape index (κ1) is 17.7. The van der Waals surface area contributed by atoms with E-state index in [1.165, 1.54) is 20.1 Å². The van der Waals surface area contributed by atoms with Crippen LogP contribution in [0, 0.1) is 0 Å². The first-order valence-electron chi connectivity index (χ1n) is 7.69. The topological polar surface area (TPSA) is 83.1 Å². The number of rotatable bonds is 6. The van der Waals surface area contributed by atoms with Gasteiger partial charge in [0.05, 0.1) is 7.11 Å². The molecule has 0 unspecified atom stereocenters. The Balaban J connectivity index is 2.06. The SMILES string of the molecule is CCNC(=O)[C@@H](C)OC(=O)/C=C/c1cc(OC)c2c(c1)OCCO2. The Hall–Kier alpha value is -2.70. The molecule has 0 saturated heterocycles. The molecule has 1 atom stereocenters. The van der Waals surface area contributed by atoms with Crippen molar-refractivity contribution in [2.45, 2.75) is 20.0 Å². The molecule has 130 valence electrons. The molecule has 0 spiro atoms. The normalized spacial score (nSPS) is 14.1. The predicted molar refractivity (Wildman–Crippen MR) is 87.3 cm³/mol. The van der Waals surface area contributed by atoms with Gasteiger partial charge >= 0.3 is 5.97 Å². The molecule has 1 N–H and O–H groups in total. The number of amides is 1. The summed E-state index contributed by atoms with van der Waals surface area (Å²) in [7, 11) is 1.53. The summed E-state index contributed by atoms with van der Waals surface area (Å²) in [5, 5.41) is 2.59. The molecule has 2 rings (SSSR count). The number of hydrogen-bond donors (Lipinski definition) is 1. The summed E-state index contributed by atoms with van der Waals surface area (Å²) in [6, 6.07) is 3.47. The van der Waals surface area contributed by atoms with E-state index >= 15 is 0 Å². The van der Waals surface area contributed by atoms with Gasteiger partial charge in [0.2, 0.25) is 5.75 Å². The van der Waals surface area contributed by atoms with E-state index < -0.39 is 12.1 Å². The van der Waals surface area contributed by atoms with Gasteiger partial charge < -0.3 is 24.3 Å². The summed E-state index contributed by atoms with van der Waals surface area (Å²) in [4.78, 5) is 23.3. The molecule has 0 aliphatic carbocycles. The molecule has 24 heavy (non-hydrogen) atoms. The number of nitrogens with one attached hydrogen (secondary N) is 1. The molecule has 1 aliphatic rings. The Morgan fingerprint density at radius 1 is 1.33 bits per heavy atom. The first-order valence-corrected chi connectivity index (χ1v) is 7.69. The molecule has 1 aliphatic heterocycles. The van der Waals surface area contributed by atoms with E-state index in [1.807, 2.05) is 0 Å². The van der Waals surface area contributed by atoms with Crippen LogP contribution in [0.4, 0.5) is 0 Å². The average molecular weight is 335 g/mol. The van der Waals surface area contributed by atoms with Crippen molar-refractivity contribution in [3.63, 3.8) is 0 Å². The quantitative estimate of drug-likeness (QED) is 0.627. The average Bonchev–Trinajstić information content (AvgIpc) is 2.59. The van der Waals surface area contributed by atoms with Crippen LogP contribution in [0.25, 0.3) is 6.08 Å². The Morgan fingerprint density at radius 2 is 2.08 bits per heavy atom. The van der Waals surface area contributed by atoms with Gasteiger partial charge in [-0.2, -0.15) is 0 Å². The smallest absolute Gasteiger partial charge is 0.331 e. The Kier molecular flexibility index (Phi) is 6.06. The molecular weight excluding hydrogens is 314 g/mol. The number of likely N-dealkylation sites (N-methyl/N-ethyl adjacent to an activating group) is 1. The van der Waals surface area contributed by atoms with Crippen molar-refractivity contribution in [1.29, 1.82) is 0 Å². The van der Waals surface area contributed by atoms with Crippen molar-refractivity contribution in [2.75, 3.05) is 26.9 Å². The van der Waals surface area contributed by atoms with Crippen molar-refractivity contribution in [1.82, 2.24) is 5.32 Å². The van der Waals surface area contributed by atoms with Gasteiger partial charge in [-0.05, 0) is 37.6 Å². The number of benzene rings is 1. The second-order valence-corrected chi connectivity index (χ2v) is 5.05. The lowest BCUT2D eigenvalue weighted by molar-refractivity contribution is -0.150. The second-order valence-electron chi connectivity index (χ2n) is 5.05. The summed E-state index contributed by atoms with van der Waals surface area (Å²) in [6.45, 7) is 4.71. The van der Waals surface area contributed by atoms with E-state index in [1.54, 1.807) is 25.1 Å². The van der Waals surface area contributed by atoms with E-state index in [0.717, 1.165) is 0 Å². The van der Waals surface area contributed by atoms with Crippen molar-refractivity contribution < 1.29 is 28.5 Å². The zero-order chi connectivity index (χ0) is 17.5. The molecule has 7 heteroatoms. The van der Waals surface area contributed by atoms with Gasteiger partial charge in [-0.25, -0.2) is 4.79 Å². The monoisotopic (exact) mass is 335 g/mol. The minimum absolute atomic E-state index is 0.333. The van der Waals surface area contributed by atoms with Crippen molar-refractivity contribution in [3.8, 4) is 17.2 Å². The lowest BCUT2D eigenvalue weighted by atomic mass is 10.1. The summed E-state index contributed by atoms with van der Waals surface area (Å²) in [5.41, 5.74) is 0.693. The van der Waals surface area contributed by atoms with E-state index in [9.17, 15) is 9.59 Å². The molecule has 0 saturated carbocycles. The Labute approximate surface area is 140 Å². The molecule has 1 aromatic carbocycles. The standard InChI is InChI=1S/C17H21NO6/c1-4-18-17(20)11(2)24-15(19)6-5-12-9-13(21-3)16-14(10-12)22-7-8-23-16/h5-6,9-11H,4,7-8H2,1-3H3,(H,18,20)/b6-5+/t11-/m1/s1. The summed E-state index contributed by atoms with van der Waals surface area (Å²) in [6.07, 6.45) is 1.96. The molecule has 7 nitrogen and oxygen atoms in total. The van der Waals surface area contributed by atoms with Gasteiger partial charge in [0, 0.05) is 12.6 Å². The summed E-state index contributed by atoms with van der Waals surface area (Å²) < 4.78 is 21.4. The van der Waals surface area contributed by atoms with Crippen LogP contribution in [0.5, 0.6) is 17.2 Å². The maximum absolute atomic E-state index is 11.8. The first-order chi connectivity index (χ1) is 11.5. The van der Waals surface area contributed by atoms with Crippen molar-refractivity contribution in [2.24, 2.45) is 0 Å². The van der Waals surface area contributed by atoms with Gasteiger partial charge in [0.15, 0.2) is 17.6 Å². The minimum atomic E-state index is -0.850. The fourth-order valence-electron chi connectivity index (χ4n) is 2.14. The van der Waals surface area contributed by atoms with Crippen molar-refractivity contribution in [3.05, 3.63) is 23.8 Å². The fraction of sp³-hybridized carbons (Fsp3) is 0.412. The number of methoxy groups -OCH3 is 1. The number of carbonyl (C=O) groups excluding carboxylic acids is 2. The predicted octanol–water partition coefficient (Wildman–Crippen LogP) is 1.55. The van der Waals surface area contributed by atoms with Gasteiger partial charge in [-0.15, -0.1) is 0 Å². The second kappa shape index (κ2) is 8.24. The molecule has 1 amide bonds. The van der Waals surface area contributed by atoms with E-state index in [-0.39, 0.29) is 5.91 Å². The Bertz CT molecular complexity index is 623. The molecule has 0 fully saturated rings. The van der Waals surface area contributed by atoms with Crippen LogP contribution in [0.3, 0.4) is 0 Å². The lowest BCUT2D eigenvalue weighted by Gasteiger charge is -2.20. The third kappa shape index (κ3) is 4.41. The largest absolute Gasteiger partial charge is 0.493 e. The van der Waals surface area contributed by atoms with Gasteiger partial charge in [0.25, 0.3) is 5.91 Å². The van der Waals surface area contributed by atoms with Crippen molar-refractivity contribution >= 4 is 18.0 Å².